The average molecular weight is 253 g/mol. The molecule has 3 nitrogen and oxygen atoms in total. The summed E-state index contributed by atoms with van der Waals surface area (Å²) in [6.45, 7) is 5.04. The van der Waals surface area contributed by atoms with Crippen LogP contribution in [0.15, 0.2) is 18.2 Å². The molecule has 1 heterocycles. The van der Waals surface area contributed by atoms with Gasteiger partial charge in [-0.3, -0.25) is 0 Å². The summed E-state index contributed by atoms with van der Waals surface area (Å²) in [6.07, 6.45) is 2.06. The SMILES string of the molecule is CSC(C)(C)Cn1c(N)nc2cc(F)ccc21. The molecule has 2 rings (SSSR count). The number of hydrogen-bond donors (Lipinski definition) is 1. The summed E-state index contributed by atoms with van der Waals surface area (Å²) < 4.78 is 15.1. The third-order valence-electron chi connectivity index (χ3n) is 2.83. The number of hydrogen-bond acceptors (Lipinski definition) is 3. The van der Waals surface area contributed by atoms with Crippen molar-refractivity contribution in [3.63, 3.8) is 0 Å². The van der Waals surface area contributed by atoms with Crippen molar-refractivity contribution in [2.24, 2.45) is 0 Å². The van der Waals surface area contributed by atoms with Crippen LogP contribution < -0.4 is 5.73 Å². The maximum Gasteiger partial charge on any atom is 0.201 e. The van der Waals surface area contributed by atoms with Crippen molar-refractivity contribution >= 4 is 28.7 Å². The zero-order valence-corrected chi connectivity index (χ0v) is 11.0. The molecule has 5 heteroatoms. The molecule has 0 aliphatic carbocycles. The number of nitrogens with zero attached hydrogens (tertiary/aromatic N) is 2. The molecular formula is C12H16FN3S. The van der Waals surface area contributed by atoms with E-state index in [4.69, 9.17) is 5.73 Å². The van der Waals surface area contributed by atoms with Crippen LogP contribution in [0.4, 0.5) is 10.3 Å². The van der Waals surface area contributed by atoms with E-state index in [0.717, 1.165) is 12.1 Å². The number of aromatic nitrogens is 2. The van der Waals surface area contributed by atoms with Gasteiger partial charge in [-0.1, -0.05) is 0 Å². The highest BCUT2D eigenvalue weighted by molar-refractivity contribution is 7.99. The fraction of sp³-hybridized carbons (Fsp3) is 0.417. The Balaban J connectivity index is 2.50. The number of fused-ring (bicyclic) bond motifs is 1. The summed E-state index contributed by atoms with van der Waals surface area (Å²) in [5.41, 5.74) is 7.38. The van der Waals surface area contributed by atoms with Gasteiger partial charge in [-0.2, -0.15) is 11.8 Å². The molecule has 17 heavy (non-hydrogen) atoms. The highest BCUT2D eigenvalue weighted by atomic mass is 32.2. The monoisotopic (exact) mass is 253 g/mol. The lowest BCUT2D eigenvalue weighted by atomic mass is 10.2. The second-order valence-corrected chi connectivity index (χ2v) is 6.17. The molecule has 0 fully saturated rings. The normalized spacial score (nSPS) is 12.2. The van der Waals surface area contributed by atoms with Gasteiger partial charge in [0.25, 0.3) is 0 Å². The van der Waals surface area contributed by atoms with Crippen molar-refractivity contribution in [3.8, 4) is 0 Å². The van der Waals surface area contributed by atoms with Gasteiger partial charge < -0.3 is 10.3 Å². The zero-order valence-electron chi connectivity index (χ0n) is 10.2. The molecule has 92 valence electrons. The molecule has 1 aromatic carbocycles. The quantitative estimate of drug-likeness (QED) is 0.914. The molecule has 0 aliphatic heterocycles. The van der Waals surface area contributed by atoms with Crippen molar-refractivity contribution in [1.29, 1.82) is 0 Å². The molecule has 2 aromatic rings. The second kappa shape index (κ2) is 4.22. The molecule has 2 N–H and O–H groups in total. The van der Waals surface area contributed by atoms with Crippen molar-refractivity contribution < 1.29 is 4.39 Å². The van der Waals surface area contributed by atoms with Crippen LogP contribution in [0.3, 0.4) is 0 Å². The molecule has 0 radical (unpaired) electrons. The summed E-state index contributed by atoms with van der Waals surface area (Å²) in [4.78, 5) is 4.18. The maximum atomic E-state index is 13.1. The molecule has 0 bridgehead atoms. The Morgan fingerprint density at radius 2 is 2.18 bits per heavy atom. The van der Waals surface area contributed by atoms with E-state index in [9.17, 15) is 4.39 Å². The van der Waals surface area contributed by atoms with Crippen LogP contribution >= 0.6 is 11.8 Å². The van der Waals surface area contributed by atoms with E-state index < -0.39 is 0 Å². The lowest BCUT2D eigenvalue weighted by Crippen LogP contribution is -2.23. The van der Waals surface area contributed by atoms with Crippen LogP contribution in [0.1, 0.15) is 13.8 Å². The van der Waals surface area contributed by atoms with Gasteiger partial charge in [-0.25, -0.2) is 9.37 Å². The van der Waals surface area contributed by atoms with Crippen molar-refractivity contribution in [1.82, 2.24) is 9.55 Å². The van der Waals surface area contributed by atoms with Crippen LogP contribution in [-0.2, 0) is 6.54 Å². The fourth-order valence-electron chi connectivity index (χ4n) is 1.73. The van der Waals surface area contributed by atoms with E-state index in [0.29, 0.717) is 11.5 Å². The predicted octanol–water partition coefficient (Wildman–Crippen LogP) is 2.90. The van der Waals surface area contributed by atoms with Crippen molar-refractivity contribution in [3.05, 3.63) is 24.0 Å². The third kappa shape index (κ3) is 2.39. The third-order valence-corrected chi connectivity index (χ3v) is 4.07. The van der Waals surface area contributed by atoms with Crippen molar-refractivity contribution in [2.45, 2.75) is 25.1 Å². The molecule has 0 atom stereocenters. The first-order chi connectivity index (χ1) is 7.93. The largest absolute Gasteiger partial charge is 0.369 e. The first kappa shape index (κ1) is 12.2. The van der Waals surface area contributed by atoms with Gasteiger partial charge in [0.2, 0.25) is 5.95 Å². The molecule has 0 spiro atoms. The van der Waals surface area contributed by atoms with Gasteiger partial charge in [-0.15, -0.1) is 0 Å². The Morgan fingerprint density at radius 1 is 1.47 bits per heavy atom. The number of thioether (sulfide) groups is 1. The van der Waals surface area contributed by atoms with Gasteiger partial charge in [-0.05, 0) is 32.2 Å². The summed E-state index contributed by atoms with van der Waals surface area (Å²) in [6, 6.07) is 4.57. The van der Waals surface area contributed by atoms with Gasteiger partial charge >= 0.3 is 0 Å². The number of benzene rings is 1. The minimum absolute atomic E-state index is 0.0656. The Hall–Kier alpha value is -1.23. The van der Waals surface area contributed by atoms with E-state index in [1.165, 1.54) is 12.1 Å². The molecule has 1 aromatic heterocycles. The molecule has 0 saturated heterocycles. The minimum atomic E-state index is -0.286. The minimum Gasteiger partial charge on any atom is -0.369 e. The van der Waals surface area contributed by atoms with E-state index in [1.54, 1.807) is 17.8 Å². The average Bonchev–Trinajstić information content (AvgIpc) is 2.54. The Bertz CT molecular complexity index is 548. The Labute approximate surface area is 104 Å². The smallest absolute Gasteiger partial charge is 0.201 e. The van der Waals surface area contributed by atoms with Gasteiger partial charge in [0.05, 0.1) is 11.0 Å². The lowest BCUT2D eigenvalue weighted by Gasteiger charge is -2.23. The van der Waals surface area contributed by atoms with E-state index in [1.807, 2.05) is 4.57 Å². The molecule has 0 unspecified atom stereocenters. The molecular weight excluding hydrogens is 237 g/mol. The highest BCUT2D eigenvalue weighted by Crippen LogP contribution is 2.27. The number of halogens is 1. The predicted molar refractivity (Wildman–Crippen MR) is 71.7 cm³/mol. The van der Waals surface area contributed by atoms with Crippen LogP contribution in [0.2, 0.25) is 0 Å². The maximum absolute atomic E-state index is 13.1. The zero-order chi connectivity index (χ0) is 12.6. The number of rotatable bonds is 3. The lowest BCUT2D eigenvalue weighted by molar-refractivity contribution is 0.585. The second-order valence-electron chi connectivity index (χ2n) is 4.65. The van der Waals surface area contributed by atoms with Crippen LogP contribution in [0.5, 0.6) is 0 Å². The standard InChI is InChI=1S/C12H16FN3S/c1-12(2,17-3)7-16-10-5-4-8(13)6-9(10)15-11(16)14/h4-6H,7H2,1-3H3,(H2,14,15). The van der Waals surface area contributed by atoms with Crippen LogP contribution in [0, 0.1) is 5.82 Å². The van der Waals surface area contributed by atoms with E-state index >= 15 is 0 Å². The highest BCUT2D eigenvalue weighted by Gasteiger charge is 2.20. The Morgan fingerprint density at radius 3 is 2.82 bits per heavy atom. The Kier molecular flexibility index (Phi) is 3.03. The summed E-state index contributed by atoms with van der Waals surface area (Å²) in [5, 5.41) is 0. The topological polar surface area (TPSA) is 43.8 Å². The molecule has 0 amide bonds. The van der Waals surface area contributed by atoms with Crippen LogP contribution in [-0.4, -0.2) is 20.6 Å². The van der Waals surface area contributed by atoms with E-state index in [2.05, 4.69) is 25.1 Å². The molecule has 0 saturated carbocycles. The number of imidazole rings is 1. The fourth-order valence-corrected chi connectivity index (χ4v) is 1.99. The van der Waals surface area contributed by atoms with Gasteiger partial charge in [0.1, 0.15) is 5.82 Å². The summed E-state index contributed by atoms with van der Waals surface area (Å²) in [7, 11) is 0. The molecule has 0 aliphatic rings. The van der Waals surface area contributed by atoms with E-state index in [-0.39, 0.29) is 10.6 Å². The van der Waals surface area contributed by atoms with Crippen LogP contribution in [0.25, 0.3) is 11.0 Å². The number of anilines is 1. The number of nitrogens with two attached hydrogens (primary N) is 1. The van der Waals surface area contributed by atoms with Crippen molar-refractivity contribution in [2.75, 3.05) is 12.0 Å². The summed E-state index contributed by atoms with van der Waals surface area (Å²) >= 11 is 1.77. The first-order valence-corrected chi connectivity index (χ1v) is 6.62. The summed E-state index contributed by atoms with van der Waals surface area (Å²) in [5.74, 6) is 0.152. The number of nitrogen functional groups attached to an aromatic ring is 1. The van der Waals surface area contributed by atoms with Gasteiger partial charge in [0, 0.05) is 17.4 Å². The van der Waals surface area contributed by atoms with Gasteiger partial charge in [0.15, 0.2) is 0 Å². The first-order valence-electron chi connectivity index (χ1n) is 5.39.